The minimum absolute atomic E-state index is 0.184. The first-order valence-corrected chi connectivity index (χ1v) is 10.2. The van der Waals surface area contributed by atoms with E-state index in [-0.39, 0.29) is 23.8 Å². The maximum atomic E-state index is 13.2. The van der Waals surface area contributed by atoms with E-state index < -0.39 is 5.60 Å². The molecule has 0 aliphatic carbocycles. The van der Waals surface area contributed by atoms with Gasteiger partial charge in [-0.15, -0.1) is 0 Å². The summed E-state index contributed by atoms with van der Waals surface area (Å²) in [6.07, 6.45) is 4.43. The molecule has 31 heavy (non-hydrogen) atoms. The summed E-state index contributed by atoms with van der Waals surface area (Å²) in [5, 5.41) is 15.2. The Labute approximate surface area is 176 Å². The summed E-state index contributed by atoms with van der Waals surface area (Å²) in [4.78, 5) is 27.3. The van der Waals surface area contributed by atoms with Gasteiger partial charge < -0.3 is 14.4 Å². The van der Waals surface area contributed by atoms with Crippen molar-refractivity contribution in [2.45, 2.75) is 31.4 Å². The fourth-order valence-corrected chi connectivity index (χ4v) is 4.29. The van der Waals surface area contributed by atoms with Crippen LogP contribution in [0.3, 0.4) is 0 Å². The molecule has 1 N–H and O–H groups in total. The van der Waals surface area contributed by atoms with Gasteiger partial charge in [0.1, 0.15) is 24.2 Å². The van der Waals surface area contributed by atoms with Gasteiger partial charge in [0.25, 0.3) is 5.56 Å². The highest BCUT2D eigenvalue weighted by atomic mass is 19.1. The number of rotatable bonds is 3. The molecule has 9 heteroatoms. The van der Waals surface area contributed by atoms with Crippen LogP contribution in [0, 0.1) is 5.82 Å². The molecule has 1 unspecified atom stereocenters. The predicted molar refractivity (Wildman–Crippen MR) is 110 cm³/mol. The number of carbonyl (C=O) groups excluding carboxylic acids is 1. The minimum atomic E-state index is -1.11. The third-order valence-corrected chi connectivity index (χ3v) is 6.05. The topological polar surface area (TPSA) is 93.0 Å². The molecule has 0 saturated carbocycles. The van der Waals surface area contributed by atoms with E-state index in [1.807, 2.05) is 0 Å². The molecular weight excluding hydrogens is 403 g/mol. The number of hydrogen-bond acceptors (Lipinski definition) is 5. The number of likely N-dealkylation sites (tertiary alicyclic amines) is 1. The monoisotopic (exact) mass is 424 g/mol. The van der Waals surface area contributed by atoms with Crippen molar-refractivity contribution in [1.29, 1.82) is 0 Å². The number of aromatic nitrogens is 3. The van der Waals surface area contributed by atoms with Crippen molar-refractivity contribution in [3.05, 3.63) is 70.7 Å². The summed E-state index contributed by atoms with van der Waals surface area (Å²) in [6, 6.07) is 9.20. The summed E-state index contributed by atoms with van der Waals surface area (Å²) in [5.41, 5.74) is 0.862. The molecule has 1 amide bonds. The van der Waals surface area contributed by atoms with Crippen LogP contribution in [0.4, 0.5) is 4.39 Å². The Kier molecular flexibility index (Phi) is 4.62. The van der Waals surface area contributed by atoms with Gasteiger partial charge in [-0.05, 0) is 37.0 Å². The Bertz CT molecular complexity index is 1320. The number of fused-ring (bicyclic) bond motifs is 3. The fourth-order valence-electron chi connectivity index (χ4n) is 4.29. The molecule has 1 aliphatic heterocycles. The highest BCUT2D eigenvalue weighted by molar-refractivity contribution is 5.82. The maximum Gasteiger partial charge on any atom is 0.291 e. The lowest BCUT2D eigenvalue weighted by molar-refractivity contribution is -0.132. The summed E-state index contributed by atoms with van der Waals surface area (Å²) >= 11 is 0. The van der Waals surface area contributed by atoms with E-state index >= 15 is 0 Å². The van der Waals surface area contributed by atoms with Gasteiger partial charge in [0, 0.05) is 25.2 Å². The average Bonchev–Trinajstić information content (AvgIpc) is 3.28. The lowest BCUT2D eigenvalue weighted by Crippen LogP contribution is -2.38. The number of aliphatic hydroxyl groups is 1. The SMILES string of the molecule is O=C(Cn1ncn2c(cc3occc32)c1=O)N1CCCC(O)(c2ccc(F)cc2)CC1. The summed E-state index contributed by atoms with van der Waals surface area (Å²) in [6.45, 7) is 0.621. The van der Waals surface area contributed by atoms with Crippen LogP contribution in [0.25, 0.3) is 16.6 Å². The Hall–Kier alpha value is -3.46. The number of furan rings is 1. The molecule has 1 aliphatic rings. The summed E-state index contributed by atoms with van der Waals surface area (Å²) in [5.74, 6) is -0.596. The number of nitrogens with zero attached hydrogens (tertiary/aromatic N) is 4. The van der Waals surface area contributed by atoms with Crippen LogP contribution in [-0.4, -0.2) is 43.2 Å². The molecule has 0 spiro atoms. The molecule has 1 aromatic carbocycles. The third kappa shape index (κ3) is 3.40. The van der Waals surface area contributed by atoms with Crippen LogP contribution >= 0.6 is 0 Å². The molecule has 1 atom stereocenters. The van der Waals surface area contributed by atoms with Gasteiger partial charge >= 0.3 is 0 Å². The lowest BCUT2D eigenvalue weighted by atomic mass is 9.87. The zero-order valence-corrected chi connectivity index (χ0v) is 16.7. The number of benzene rings is 1. The smallest absolute Gasteiger partial charge is 0.291 e. The van der Waals surface area contributed by atoms with Crippen LogP contribution < -0.4 is 5.56 Å². The largest absolute Gasteiger partial charge is 0.463 e. The normalized spacial score (nSPS) is 19.7. The summed E-state index contributed by atoms with van der Waals surface area (Å²) in [7, 11) is 0. The van der Waals surface area contributed by atoms with Gasteiger partial charge in [-0.25, -0.2) is 9.07 Å². The number of carbonyl (C=O) groups is 1. The molecule has 1 fully saturated rings. The van der Waals surface area contributed by atoms with Gasteiger partial charge in [-0.2, -0.15) is 5.10 Å². The van der Waals surface area contributed by atoms with Crippen molar-refractivity contribution in [1.82, 2.24) is 19.1 Å². The molecule has 5 rings (SSSR count). The standard InChI is InChI=1S/C22H21FN4O4/c23-16-4-2-15(3-5-16)22(30)7-1-9-25(10-8-22)20(28)13-27-21(29)18-12-19-17(6-11-31-19)26(18)14-24-27/h2-6,11-12,14,30H,1,7-10,13H2. The Morgan fingerprint density at radius 1 is 1.16 bits per heavy atom. The van der Waals surface area contributed by atoms with E-state index in [9.17, 15) is 19.1 Å². The molecule has 0 bridgehead atoms. The van der Waals surface area contributed by atoms with E-state index in [1.165, 1.54) is 18.5 Å². The molecule has 4 heterocycles. The van der Waals surface area contributed by atoms with E-state index in [1.54, 1.807) is 39.8 Å². The maximum absolute atomic E-state index is 13.2. The van der Waals surface area contributed by atoms with Crippen LogP contribution in [0.5, 0.6) is 0 Å². The van der Waals surface area contributed by atoms with Gasteiger partial charge in [0.05, 0.1) is 17.4 Å². The predicted octanol–water partition coefficient (Wildman–Crippen LogP) is 2.28. The fraction of sp³-hybridized carbons (Fsp3) is 0.318. The van der Waals surface area contributed by atoms with Crippen LogP contribution in [0.1, 0.15) is 24.8 Å². The molecule has 1 saturated heterocycles. The lowest BCUT2D eigenvalue weighted by Gasteiger charge is -2.27. The number of hydrogen-bond donors (Lipinski definition) is 1. The number of halogens is 1. The zero-order chi connectivity index (χ0) is 21.6. The third-order valence-electron chi connectivity index (χ3n) is 6.05. The van der Waals surface area contributed by atoms with Gasteiger partial charge in [0.2, 0.25) is 5.91 Å². The molecule has 0 radical (unpaired) electrons. The Balaban J connectivity index is 1.33. The van der Waals surface area contributed by atoms with Crippen LogP contribution in [-0.2, 0) is 16.9 Å². The quantitative estimate of drug-likeness (QED) is 0.545. The molecular formula is C22H21FN4O4. The molecule has 3 aromatic heterocycles. The second-order valence-electron chi connectivity index (χ2n) is 7.94. The highest BCUT2D eigenvalue weighted by Gasteiger charge is 2.33. The summed E-state index contributed by atoms with van der Waals surface area (Å²) < 4.78 is 21.3. The van der Waals surface area contributed by atoms with Gasteiger partial charge in [-0.3, -0.25) is 14.0 Å². The first kappa shape index (κ1) is 19.5. The molecule has 4 aromatic rings. The van der Waals surface area contributed by atoms with Crippen molar-refractivity contribution < 1.29 is 18.7 Å². The van der Waals surface area contributed by atoms with E-state index in [0.717, 1.165) is 10.2 Å². The Morgan fingerprint density at radius 2 is 1.97 bits per heavy atom. The van der Waals surface area contributed by atoms with Crippen molar-refractivity contribution in [3.8, 4) is 0 Å². The Morgan fingerprint density at radius 3 is 2.77 bits per heavy atom. The second kappa shape index (κ2) is 7.35. The van der Waals surface area contributed by atoms with E-state index in [0.29, 0.717) is 49.0 Å². The molecule has 8 nitrogen and oxygen atoms in total. The van der Waals surface area contributed by atoms with E-state index in [4.69, 9.17) is 4.42 Å². The van der Waals surface area contributed by atoms with E-state index in [2.05, 4.69) is 5.10 Å². The zero-order valence-electron chi connectivity index (χ0n) is 16.7. The average molecular weight is 424 g/mol. The van der Waals surface area contributed by atoms with Crippen LogP contribution in [0.15, 0.2) is 58.2 Å². The molecule has 160 valence electrons. The van der Waals surface area contributed by atoms with Gasteiger partial charge in [-0.1, -0.05) is 12.1 Å². The van der Waals surface area contributed by atoms with Crippen molar-refractivity contribution in [3.63, 3.8) is 0 Å². The second-order valence-corrected chi connectivity index (χ2v) is 7.94. The first-order valence-electron chi connectivity index (χ1n) is 10.2. The van der Waals surface area contributed by atoms with Crippen molar-refractivity contribution in [2.75, 3.05) is 13.1 Å². The van der Waals surface area contributed by atoms with Crippen LogP contribution in [0.2, 0.25) is 0 Å². The van der Waals surface area contributed by atoms with Crippen molar-refractivity contribution >= 4 is 22.5 Å². The van der Waals surface area contributed by atoms with Crippen molar-refractivity contribution in [2.24, 2.45) is 0 Å². The minimum Gasteiger partial charge on any atom is -0.463 e. The van der Waals surface area contributed by atoms with Gasteiger partial charge in [0.15, 0.2) is 5.58 Å². The highest BCUT2D eigenvalue weighted by Crippen LogP contribution is 2.33. The first-order chi connectivity index (χ1) is 14.9. The number of amides is 1.